The predicted octanol–water partition coefficient (Wildman–Crippen LogP) is 6.14. The van der Waals surface area contributed by atoms with E-state index in [2.05, 4.69) is 49.0 Å². The van der Waals surface area contributed by atoms with Crippen LogP contribution < -0.4 is 39.1 Å². The fraction of sp³-hybridized carbons (Fsp3) is 0.269. The highest BCUT2D eigenvalue weighted by molar-refractivity contribution is 6.67. The summed E-state index contributed by atoms with van der Waals surface area (Å²) >= 11 is 4.87. The maximum Gasteiger partial charge on any atom is 0.269 e. The quantitative estimate of drug-likeness (QED) is 0.0367. The van der Waals surface area contributed by atoms with Gasteiger partial charge in [0.25, 0.3) is 23.6 Å². The second kappa shape index (κ2) is 24.1. The number of halogens is 1. The molecule has 2 aromatic carbocycles. The molecule has 2 saturated heterocycles. The molecule has 380 valence electrons. The van der Waals surface area contributed by atoms with E-state index in [1.54, 1.807) is 79.7 Å². The molecule has 21 heteroatoms. The van der Waals surface area contributed by atoms with Gasteiger partial charge in [0, 0.05) is 52.3 Å². The van der Waals surface area contributed by atoms with Crippen molar-refractivity contribution in [1.82, 2.24) is 39.5 Å². The molecule has 0 bridgehead atoms. The first-order chi connectivity index (χ1) is 34.8. The number of rotatable bonds is 14. The topological polar surface area (TPSA) is 307 Å². The number of carbonyl (C=O) groups excluding carboxylic acids is 6. The number of pyridine rings is 2. The Morgan fingerprint density at radius 2 is 1.14 bits per heavy atom. The normalized spacial score (nSPS) is 14.7. The average molecular weight is 1010 g/mol. The number of nitrogen functional groups attached to an aromatic ring is 2. The van der Waals surface area contributed by atoms with E-state index in [1.807, 2.05) is 38.1 Å². The van der Waals surface area contributed by atoms with Crippen molar-refractivity contribution in [2.75, 3.05) is 35.4 Å². The van der Waals surface area contributed by atoms with Crippen LogP contribution in [0.4, 0.5) is 11.6 Å². The summed E-state index contributed by atoms with van der Waals surface area (Å²) in [6.07, 6.45) is 8.33. The van der Waals surface area contributed by atoms with Crippen molar-refractivity contribution in [3.05, 3.63) is 155 Å². The molecule has 0 saturated carbocycles. The van der Waals surface area contributed by atoms with Gasteiger partial charge in [-0.25, -0.2) is 29.3 Å². The van der Waals surface area contributed by atoms with Gasteiger partial charge >= 0.3 is 0 Å². The number of likely N-dealkylation sites (tertiary alicyclic amines) is 1. The first-order valence-corrected chi connectivity index (χ1v) is 23.8. The molecule has 0 spiro atoms. The number of amides is 5. The fourth-order valence-corrected chi connectivity index (χ4v) is 8.14. The van der Waals surface area contributed by atoms with Gasteiger partial charge in [-0.15, -0.1) is 0 Å². The van der Waals surface area contributed by atoms with Crippen LogP contribution in [0, 0.1) is 0 Å². The maximum absolute atomic E-state index is 12.7. The molecular formula is C52H59ClN14O6. The van der Waals surface area contributed by atoms with E-state index >= 15 is 0 Å². The SMILES string of the molecule is C=C(C)C(=O)Cl.C=C(C)C(=O)N1CCC[C@H]1c1nc(-c2ccc(C(=O)Nc3cc(CC)ccn3)cc2)c(C(N)=O)n1N.CCc1ccnc(NC(=O)c2ccc(-c3nc([C@@H]4CCCN4)n(N)c3C(N)=O)cc2)c1. The largest absolute Gasteiger partial charge is 0.364 e. The van der Waals surface area contributed by atoms with Gasteiger partial charge in [-0.1, -0.05) is 51.3 Å². The summed E-state index contributed by atoms with van der Waals surface area (Å²) in [5.74, 6) is 12.2. The number of carbonyl (C=O) groups is 6. The zero-order valence-electron chi connectivity index (χ0n) is 41.1. The van der Waals surface area contributed by atoms with E-state index in [9.17, 15) is 28.8 Å². The lowest BCUT2D eigenvalue weighted by molar-refractivity contribution is -0.128. The lowest BCUT2D eigenvalue weighted by Gasteiger charge is -2.24. The molecule has 2 aliphatic rings. The lowest BCUT2D eigenvalue weighted by Crippen LogP contribution is -2.34. The summed E-state index contributed by atoms with van der Waals surface area (Å²) in [5.41, 5.74) is 17.1. The van der Waals surface area contributed by atoms with Gasteiger partial charge < -0.3 is 44.0 Å². The highest BCUT2D eigenvalue weighted by Gasteiger charge is 2.36. The van der Waals surface area contributed by atoms with Gasteiger partial charge in [0.05, 0.1) is 12.1 Å². The molecule has 73 heavy (non-hydrogen) atoms. The number of allylic oxidation sites excluding steroid dienone is 1. The monoisotopic (exact) mass is 1010 g/mol. The van der Waals surface area contributed by atoms with Crippen molar-refractivity contribution >= 4 is 58.0 Å². The minimum absolute atomic E-state index is 0.0201. The number of aryl methyl sites for hydroxylation is 2. The standard InChI is InChI=1S/C26H29N7O3.C22H25N7O2.C4H5ClO/c1-4-16-11-12-29-20(14-16)30-25(35)18-9-7-17(8-10-18)21-22(23(27)34)33(28)24(31-21)19-6-5-13-32(19)26(36)15(2)3;1-2-13-9-11-26-17(12-13)27-22(31)15-7-5-14(6-8-15)18-19(20(23)30)29(24)21(28-18)16-4-3-10-25-16;1-3(2)4(5)6/h7-12,14,19H,2,4-6,13,28H2,1,3H3,(H2,27,34)(H,29,30,35);5-9,11-12,16,25H,2-4,10,24H2,1H3,(H2,23,30)(H,26,27,31);1H2,2H3/t19-;16-;/m00./s1. The second-order valence-electron chi connectivity index (χ2n) is 17.3. The third-order valence-corrected chi connectivity index (χ3v) is 12.3. The smallest absolute Gasteiger partial charge is 0.269 e. The number of aromatic nitrogens is 6. The summed E-state index contributed by atoms with van der Waals surface area (Å²) in [4.78, 5) is 91.4. The number of hydrogen-bond acceptors (Lipinski definition) is 13. The molecule has 4 aromatic heterocycles. The van der Waals surface area contributed by atoms with E-state index in [4.69, 9.17) is 34.8 Å². The van der Waals surface area contributed by atoms with Crippen molar-refractivity contribution in [2.24, 2.45) is 11.5 Å². The average Bonchev–Trinajstić information content (AvgIpc) is 4.21. The number of nitrogens with zero attached hydrogens (tertiary/aromatic N) is 7. The summed E-state index contributed by atoms with van der Waals surface area (Å²) in [7, 11) is 0. The predicted molar refractivity (Wildman–Crippen MR) is 280 cm³/mol. The highest BCUT2D eigenvalue weighted by Crippen LogP contribution is 2.35. The molecule has 0 radical (unpaired) electrons. The van der Waals surface area contributed by atoms with Gasteiger partial charge in [-0.2, -0.15) is 0 Å². The third kappa shape index (κ3) is 12.9. The lowest BCUT2D eigenvalue weighted by atomic mass is 10.1. The molecule has 6 aromatic rings. The third-order valence-electron chi connectivity index (χ3n) is 12.0. The van der Waals surface area contributed by atoms with Crippen LogP contribution in [0.2, 0.25) is 0 Å². The Labute approximate surface area is 427 Å². The maximum atomic E-state index is 12.7. The van der Waals surface area contributed by atoms with Crippen LogP contribution in [0.15, 0.2) is 109 Å². The van der Waals surface area contributed by atoms with Gasteiger partial charge in [0.1, 0.15) is 28.8 Å². The van der Waals surface area contributed by atoms with Crippen LogP contribution in [-0.4, -0.2) is 82.1 Å². The molecule has 11 N–H and O–H groups in total. The Hall–Kier alpha value is -8.49. The van der Waals surface area contributed by atoms with Crippen molar-refractivity contribution < 1.29 is 28.8 Å². The van der Waals surface area contributed by atoms with E-state index < -0.39 is 23.1 Å². The molecule has 20 nitrogen and oxygen atoms in total. The summed E-state index contributed by atoms with van der Waals surface area (Å²) < 4.78 is 2.44. The van der Waals surface area contributed by atoms with E-state index in [0.717, 1.165) is 49.8 Å². The molecule has 2 aliphatic heterocycles. The van der Waals surface area contributed by atoms with E-state index in [-0.39, 0.29) is 35.2 Å². The van der Waals surface area contributed by atoms with Crippen LogP contribution in [0.1, 0.15) is 130 Å². The zero-order valence-corrected chi connectivity index (χ0v) is 41.8. The van der Waals surface area contributed by atoms with Crippen molar-refractivity contribution in [2.45, 2.75) is 78.3 Å². The number of benzene rings is 2. The number of imidazole rings is 2. The molecule has 6 heterocycles. The summed E-state index contributed by atoms with van der Waals surface area (Å²) in [5, 5.41) is 8.45. The Balaban J connectivity index is 0.000000216. The Bertz CT molecular complexity index is 3060. The second-order valence-corrected chi connectivity index (χ2v) is 17.7. The van der Waals surface area contributed by atoms with Gasteiger partial charge in [-0.3, -0.25) is 28.8 Å². The first-order valence-electron chi connectivity index (χ1n) is 23.5. The molecular weight excluding hydrogens is 952 g/mol. The van der Waals surface area contributed by atoms with Gasteiger partial charge in [0.15, 0.2) is 17.2 Å². The molecule has 0 aliphatic carbocycles. The van der Waals surface area contributed by atoms with Crippen LogP contribution >= 0.6 is 11.6 Å². The van der Waals surface area contributed by atoms with Crippen molar-refractivity contribution in [3.63, 3.8) is 0 Å². The Morgan fingerprint density at radius 3 is 1.53 bits per heavy atom. The number of nitrogens with one attached hydrogen (secondary N) is 3. The number of primary amides is 2. The molecule has 5 amide bonds. The summed E-state index contributed by atoms with van der Waals surface area (Å²) in [6.45, 7) is 15.7. The summed E-state index contributed by atoms with van der Waals surface area (Å²) in [6, 6.07) is 20.4. The Kier molecular flexibility index (Phi) is 17.8. The van der Waals surface area contributed by atoms with Crippen LogP contribution in [0.25, 0.3) is 22.5 Å². The first kappa shape index (κ1) is 53.9. The van der Waals surface area contributed by atoms with Crippen molar-refractivity contribution in [1.29, 1.82) is 0 Å². The van der Waals surface area contributed by atoms with Gasteiger partial charge in [0.2, 0.25) is 11.1 Å². The molecule has 2 fully saturated rings. The molecule has 0 unspecified atom stereocenters. The highest BCUT2D eigenvalue weighted by atomic mass is 35.5. The van der Waals surface area contributed by atoms with Gasteiger partial charge in [-0.05, 0) is 130 Å². The minimum atomic E-state index is -0.745. The van der Waals surface area contributed by atoms with E-state index in [0.29, 0.717) is 81.0 Å². The number of nitrogens with two attached hydrogens (primary N) is 4. The Morgan fingerprint density at radius 1 is 0.685 bits per heavy atom. The minimum Gasteiger partial charge on any atom is -0.364 e. The zero-order chi connectivity index (χ0) is 53.1. The van der Waals surface area contributed by atoms with Crippen LogP contribution in [0.5, 0.6) is 0 Å². The van der Waals surface area contributed by atoms with E-state index in [1.165, 1.54) is 9.35 Å². The number of anilines is 2. The number of hydrogen-bond donors (Lipinski definition) is 7. The van der Waals surface area contributed by atoms with Crippen LogP contribution in [0.3, 0.4) is 0 Å². The van der Waals surface area contributed by atoms with Crippen molar-refractivity contribution in [3.8, 4) is 22.5 Å². The molecule has 8 rings (SSSR count). The fourth-order valence-electron chi connectivity index (χ4n) is 8.14. The van der Waals surface area contributed by atoms with Crippen LogP contribution in [-0.2, 0) is 22.4 Å². The molecule has 2 atom stereocenters.